The highest BCUT2D eigenvalue weighted by Crippen LogP contribution is 2.37. The van der Waals surface area contributed by atoms with E-state index in [2.05, 4.69) is 89.9 Å². The van der Waals surface area contributed by atoms with Crippen LogP contribution in [0.4, 0.5) is 43.4 Å². The van der Waals surface area contributed by atoms with Crippen LogP contribution in [-0.2, 0) is 10.1 Å². The topological polar surface area (TPSA) is 60.9 Å². The number of alkyl halides is 6. The van der Waals surface area contributed by atoms with Gasteiger partial charge in [-0.15, -0.1) is 0 Å². The van der Waals surface area contributed by atoms with E-state index in [-0.39, 0.29) is 0 Å². The first-order valence-corrected chi connectivity index (χ1v) is 11.0. The second-order valence-corrected chi connectivity index (χ2v) is 8.28. The van der Waals surface area contributed by atoms with Crippen molar-refractivity contribution >= 4 is 27.2 Å². The quantitative estimate of drug-likeness (QED) is 0.244. The molecule has 0 spiro atoms. The lowest BCUT2D eigenvalue weighted by atomic mass is 10.2. The standard InChI is InChI=1S/C19H18N2.C3H2F6O3S/c1-20(17-11-5-2-6-12-17)21(18-13-7-3-8-14-18)19-15-9-4-10-16-19;4-1(2(5,6)7)3(8,9)13(10,11)12/h2-16H,1H3;1H,(H,10,11,12). The number of hydrogen-bond acceptors (Lipinski definition) is 4. The van der Waals surface area contributed by atoms with E-state index in [1.807, 2.05) is 18.2 Å². The molecule has 1 atom stereocenters. The molecule has 34 heavy (non-hydrogen) atoms. The van der Waals surface area contributed by atoms with E-state index in [0.29, 0.717) is 0 Å². The van der Waals surface area contributed by atoms with E-state index in [4.69, 9.17) is 4.55 Å². The first-order chi connectivity index (χ1) is 15.8. The van der Waals surface area contributed by atoms with Gasteiger partial charge in [0.1, 0.15) is 0 Å². The number of para-hydroxylation sites is 3. The number of hydrazine groups is 1. The molecule has 0 aliphatic heterocycles. The summed E-state index contributed by atoms with van der Waals surface area (Å²) in [6.07, 6.45) is -11.0. The van der Waals surface area contributed by atoms with Gasteiger partial charge in [0.15, 0.2) is 0 Å². The lowest BCUT2D eigenvalue weighted by Gasteiger charge is -2.35. The molecule has 0 heterocycles. The Morgan fingerprint density at radius 1 is 0.706 bits per heavy atom. The average molecular weight is 506 g/mol. The Morgan fingerprint density at radius 2 is 1.03 bits per heavy atom. The summed E-state index contributed by atoms with van der Waals surface area (Å²) in [6, 6.07) is 31.1. The zero-order valence-electron chi connectivity index (χ0n) is 17.6. The molecule has 0 saturated heterocycles. The minimum atomic E-state index is -6.41. The SMILES string of the molecule is CN(c1ccccc1)N(c1ccccc1)c1ccccc1.O=S(=O)(O)C(F)(F)C(F)C(F)(F)F. The molecule has 1 N–H and O–H groups in total. The molecule has 0 bridgehead atoms. The van der Waals surface area contributed by atoms with Crippen molar-refractivity contribution in [3.63, 3.8) is 0 Å². The van der Waals surface area contributed by atoms with Crippen LogP contribution in [-0.4, -0.2) is 37.6 Å². The molecule has 0 aromatic heterocycles. The summed E-state index contributed by atoms with van der Waals surface area (Å²) in [5.74, 6) is 0. The molecule has 0 radical (unpaired) electrons. The smallest absolute Gasteiger partial charge is 0.284 e. The minimum absolute atomic E-state index is 1.13. The summed E-state index contributed by atoms with van der Waals surface area (Å²) in [5.41, 5.74) is 3.41. The molecular weight excluding hydrogens is 486 g/mol. The lowest BCUT2D eigenvalue weighted by molar-refractivity contribution is -0.223. The van der Waals surface area contributed by atoms with Crippen molar-refractivity contribution < 1.29 is 39.3 Å². The zero-order chi connectivity index (χ0) is 25.6. The Morgan fingerprint density at radius 3 is 1.29 bits per heavy atom. The van der Waals surface area contributed by atoms with Crippen LogP contribution in [0.25, 0.3) is 0 Å². The van der Waals surface area contributed by atoms with Gasteiger partial charge in [-0.2, -0.15) is 30.4 Å². The summed E-state index contributed by atoms with van der Waals surface area (Å²) >= 11 is 0. The van der Waals surface area contributed by atoms with Crippen LogP contribution in [0.15, 0.2) is 91.0 Å². The molecule has 0 aliphatic rings. The molecule has 12 heteroatoms. The predicted octanol–water partition coefficient (Wildman–Crippen LogP) is 6.24. The molecule has 0 fully saturated rings. The van der Waals surface area contributed by atoms with E-state index < -0.39 is 27.7 Å². The largest absolute Gasteiger partial charge is 0.426 e. The highest BCUT2D eigenvalue weighted by molar-refractivity contribution is 7.86. The molecule has 184 valence electrons. The Bertz CT molecular complexity index is 1090. The highest BCUT2D eigenvalue weighted by atomic mass is 32.2. The van der Waals surface area contributed by atoms with E-state index in [9.17, 15) is 34.8 Å². The normalized spacial score (nSPS) is 12.8. The first kappa shape index (κ1) is 27.0. The molecule has 0 aliphatic carbocycles. The number of rotatable bonds is 6. The molecule has 1 unspecified atom stereocenters. The number of anilines is 3. The van der Waals surface area contributed by atoms with Crippen molar-refractivity contribution in [2.75, 3.05) is 17.1 Å². The van der Waals surface area contributed by atoms with Gasteiger partial charge in [-0.1, -0.05) is 54.6 Å². The van der Waals surface area contributed by atoms with Crippen LogP contribution in [0.1, 0.15) is 0 Å². The summed E-state index contributed by atoms with van der Waals surface area (Å²) in [7, 11) is -4.33. The van der Waals surface area contributed by atoms with Crippen molar-refractivity contribution in [2.45, 2.75) is 17.6 Å². The van der Waals surface area contributed by atoms with Crippen LogP contribution in [0.2, 0.25) is 0 Å². The van der Waals surface area contributed by atoms with Gasteiger partial charge in [0, 0.05) is 7.05 Å². The third-order valence-electron chi connectivity index (χ3n) is 4.36. The monoisotopic (exact) mass is 506 g/mol. The van der Waals surface area contributed by atoms with Gasteiger partial charge in [0.05, 0.1) is 17.1 Å². The second kappa shape index (κ2) is 10.8. The summed E-state index contributed by atoms with van der Waals surface area (Å²) in [5, 5.41) is -1.52. The fraction of sp³-hybridized carbons (Fsp3) is 0.182. The molecule has 3 rings (SSSR count). The number of benzene rings is 3. The summed E-state index contributed by atoms with van der Waals surface area (Å²) in [6.45, 7) is 0. The van der Waals surface area contributed by atoms with Crippen molar-refractivity contribution in [1.29, 1.82) is 0 Å². The van der Waals surface area contributed by atoms with Crippen LogP contribution in [0, 0.1) is 0 Å². The fourth-order valence-electron chi connectivity index (χ4n) is 2.71. The van der Waals surface area contributed by atoms with Crippen molar-refractivity contribution in [3.05, 3.63) is 91.0 Å². The van der Waals surface area contributed by atoms with Crippen LogP contribution in [0.3, 0.4) is 0 Å². The van der Waals surface area contributed by atoms with Crippen LogP contribution >= 0.6 is 0 Å². The van der Waals surface area contributed by atoms with Gasteiger partial charge < -0.3 is 0 Å². The van der Waals surface area contributed by atoms with Crippen molar-refractivity contribution in [1.82, 2.24) is 0 Å². The van der Waals surface area contributed by atoms with Crippen LogP contribution < -0.4 is 10.0 Å². The van der Waals surface area contributed by atoms with E-state index in [1.54, 1.807) is 0 Å². The van der Waals surface area contributed by atoms with Gasteiger partial charge >= 0.3 is 21.5 Å². The van der Waals surface area contributed by atoms with E-state index in [0.717, 1.165) is 17.1 Å². The number of halogens is 6. The Labute approximate surface area is 192 Å². The maximum Gasteiger partial charge on any atom is 0.426 e. The molecule has 5 nitrogen and oxygen atoms in total. The first-order valence-electron chi connectivity index (χ1n) is 9.51. The summed E-state index contributed by atoms with van der Waals surface area (Å²) < 4.78 is 96.1. The van der Waals surface area contributed by atoms with Gasteiger partial charge in [-0.25, -0.2) is 4.39 Å². The molecule has 3 aromatic carbocycles. The molecule has 0 saturated carbocycles. The minimum Gasteiger partial charge on any atom is -0.284 e. The number of hydrogen-bond donors (Lipinski definition) is 1. The van der Waals surface area contributed by atoms with Gasteiger partial charge in [-0.3, -0.25) is 14.6 Å². The third kappa shape index (κ3) is 6.64. The zero-order valence-corrected chi connectivity index (χ0v) is 18.4. The highest BCUT2D eigenvalue weighted by Gasteiger charge is 2.64. The molecule has 0 amide bonds. The third-order valence-corrected chi connectivity index (χ3v) is 5.25. The average Bonchev–Trinajstić information content (AvgIpc) is 2.80. The van der Waals surface area contributed by atoms with Gasteiger partial charge in [0.25, 0.3) is 6.17 Å². The lowest BCUT2D eigenvalue weighted by Crippen LogP contribution is -2.46. The van der Waals surface area contributed by atoms with Gasteiger partial charge in [-0.05, 0) is 36.4 Å². The van der Waals surface area contributed by atoms with E-state index >= 15 is 0 Å². The van der Waals surface area contributed by atoms with Crippen LogP contribution in [0.5, 0.6) is 0 Å². The van der Waals surface area contributed by atoms with Gasteiger partial charge in [0.2, 0.25) is 0 Å². The Balaban J connectivity index is 0.000000273. The van der Waals surface area contributed by atoms with Crippen molar-refractivity contribution in [3.8, 4) is 0 Å². The van der Waals surface area contributed by atoms with E-state index in [1.165, 1.54) is 0 Å². The Hall–Kier alpha value is -3.25. The maximum atomic E-state index is 11.9. The second-order valence-electron chi connectivity index (χ2n) is 6.78. The van der Waals surface area contributed by atoms with Crippen molar-refractivity contribution in [2.24, 2.45) is 0 Å². The fourth-order valence-corrected chi connectivity index (χ4v) is 3.11. The summed E-state index contributed by atoms with van der Waals surface area (Å²) in [4.78, 5) is 0. The predicted molar refractivity (Wildman–Crippen MR) is 117 cm³/mol. The molecule has 3 aromatic rings. The Kier molecular flexibility index (Phi) is 8.56. The number of nitrogens with zero attached hydrogens (tertiary/aromatic N) is 2. The maximum absolute atomic E-state index is 11.9. The molecular formula is C22H20F6N2O3S.